The number of carboxylic acid groups (broad SMARTS) is 1. The van der Waals surface area contributed by atoms with Crippen LogP contribution >= 0.6 is 0 Å². The van der Waals surface area contributed by atoms with E-state index in [1.807, 2.05) is 0 Å². The summed E-state index contributed by atoms with van der Waals surface area (Å²) in [5.41, 5.74) is 0. The van der Waals surface area contributed by atoms with Gasteiger partial charge in [-0.15, -0.1) is 0 Å². The molecule has 0 unspecified atom stereocenters. The van der Waals surface area contributed by atoms with Gasteiger partial charge < -0.3 is 39.4 Å². The number of hydrogen-bond acceptors (Lipinski definition) is 16. The number of aliphatic carboxylic acids is 1. The molecule has 21 nitrogen and oxygen atoms in total. The number of methoxy groups -OCH3 is 1. The van der Waals surface area contributed by atoms with E-state index in [0.29, 0.717) is 0 Å². The Kier molecular flexibility index (Phi) is 10.3. The Labute approximate surface area is 208 Å². The Hall–Kier alpha value is -1.20. The first-order valence-corrected chi connectivity index (χ1v) is 13.7. The predicted molar refractivity (Wildman–Crippen MR) is 107 cm³/mol. The number of carbonyl (C=O) groups is 1. The van der Waals surface area contributed by atoms with Gasteiger partial charge >= 0.3 is 37.1 Å². The molecule has 2 fully saturated rings. The van der Waals surface area contributed by atoms with Crippen LogP contribution in [-0.2, 0) is 63.2 Å². The summed E-state index contributed by atoms with van der Waals surface area (Å²) in [6.07, 6.45) is -19.8. The van der Waals surface area contributed by atoms with Crippen LogP contribution in [0.25, 0.3) is 0 Å². The first kappa shape index (κ1) is 32.0. The van der Waals surface area contributed by atoms with Gasteiger partial charge in [-0.05, 0) is 0 Å². The fraction of sp³-hybridized carbons (Fsp3) is 0.923. The Bertz CT molecular complexity index is 1120. The normalized spacial score (nSPS) is 37.8. The van der Waals surface area contributed by atoms with E-state index in [4.69, 9.17) is 32.6 Å². The summed E-state index contributed by atoms with van der Waals surface area (Å²) in [5, 5.41) is 40.5. The standard InChI is InChI=1S/C13H23NO20S3/c1-29-8-6(16)9(34-37(26,27)28)13(33-10(8)11(17)18)32-7-3(2-30-36(23,24)25)31-12(19)4(5(7)15)14-35(20,21)22/h3-10,12-16,19H,2H2,1H3,(H,17,18)(H,20,21,22)(H,23,24,25)(H,26,27,28)/t3-,4-,5-,6+,7-,8+,9-,10-,12+,13-/m1/s1. The number of hydrogen-bond donors (Lipinski definition) is 8. The minimum atomic E-state index is -5.42. The van der Waals surface area contributed by atoms with Crippen LogP contribution in [0.3, 0.4) is 0 Å². The van der Waals surface area contributed by atoms with E-state index in [2.05, 4.69) is 8.37 Å². The molecule has 24 heteroatoms. The van der Waals surface area contributed by atoms with E-state index < -0.39 is 105 Å². The van der Waals surface area contributed by atoms with Crippen LogP contribution in [0.4, 0.5) is 0 Å². The van der Waals surface area contributed by atoms with Crippen molar-refractivity contribution in [2.45, 2.75) is 61.3 Å². The van der Waals surface area contributed by atoms with Crippen molar-refractivity contribution < 1.29 is 91.4 Å². The number of aliphatic hydroxyl groups excluding tert-OH is 3. The third kappa shape index (κ3) is 8.92. The van der Waals surface area contributed by atoms with Crippen molar-refractivity contribution in [3.63, 3.8) is 0 Å². The highest BCUT2D eigenvalue weighted by molar-refractivity contribution is 7.83. The summed E-state index contributed by atoms with van der Waals surface area (Å²) in [7, 11) is -14.9. The third-order valence-corrected chi connectivity index (χ3v) is 6.39. The minimum Gasteiger partial charge on any atom is -0.479 e. The molecule has 2 rings (SSSR count). The van der Waals surface area contributed by atoms with Crippen LogP contribution in [0.1, 0.15) is 0 Å². The van der Waals surface area contributed by atoms with Crippen molar-refractivity contribution >= 4 is 37.1 Å². The van der Waals surface area contributed by atoms with Gasteiger partial charge in [-0.2, -0.15) is 30.0 Å². The second kappa shape index (κ2) is 11.9. The number of carboxylic acids is 1. The number of rotatable bonds is 11. The lowest BCUT2D eigenvalue weighted by molar-refractivity contribution is -0.337. The molecule has 0 spiro atoms. The molecule has 37 heavy (non-hydrogen) atoms. The molecule has 0 radical (unpaired) electrons. The van der Waals surface area contributed by atoms with E-state index >= 15 is 0 Å². The van der Waals surface area contributed by atoms with Crippen LogP contribution in [0.5, 0.6) is 0 Å². The lowest BCUT2D eigenvalue weighted by atomic mass is 9.96. The second-order valence-corrected chi connectivity index (χ2v) is 10.8. The average molecular weight is 610 g/mol. The van der Waals surface area contributed by atoms with Crippen LogP contribution < -0.4 is 4.72 Å². The zero-order valence-corrected chi connectivity index (χ0v) is 20.6. The average Bonchev–Trinajstić information content (AvgIpc) is 2.71. The van der Waals surface area contributed by atoms with Crippen molar-refractivity contribution in [2.24, 2.45) is 0 Å². The summed E-state index contributed by atoms with van der Waals surface area (Å²) in [6, 6.07) is -2.17. The summed E-state index contributed by atoms with van der Waals surface area (Å²) in [6.45, 7) is -1.27. The lowest BCUT2D eigenvalue weighted by Crippen LogP contribution is -2.68. The van der Waals surface area contributed by atoms with Gasteiger partial charge in [0, 0.05) is 7.11 Å². The van der Waals surface area contributed by atoms with Crippen LogP contribution in [0, 0.1) is 0 Å². The first-order chi connectivity index (χ1) is 16.7. The molecule has 2 saturated heterocycles. The van der Waals surface area contributed by atoms with E-state index in [9.17, 15) is 50.5 Å². The third-order valence-electron chi connectivity index (χ3n) is 4.92. The van der Waals surface area contributed by atoms with Crippen molar-refractivity contribution in [2.75, 3.05) is 13.7 Å². The van der Waals surface area contributed by atoms with Gasteiger partial charge in [0.1, 0.15) is 36.6 Å². The second-order valence-electron chi connectivity index (χ2n) is 7.43. The zero-order valence-electron chi connectivity index (χ0n) is 18.1. The Balaban J connectivity index is 2.49. The predicted octanol–water partition coefficient (Wildman–Crippen LogP) is -5.60. The van der Waals surface area contributed by atoms with Crippen LogP contribution in [0.2, 0.25) is 0 Å². The van der Waals surface area contributed by atoms with E-state index in [-0.39, 0.29) is 0 Å². The fourth-order valence-corrected chi connectivity index (χ4v) is 4.88. The van der Waals surface area contributed by atoms with Crippen LogP contribution in [0.15, 0.2) is 0 Å². The fourth-order valence-electron chi connectivity index (χ4n) is 3.48. The molecular weight excluding hydrogens is 586 g/mol. The molecule has 0 aromatic carbocycles. The molecule has 8 N–H and O–H groups in total. The number of aliphatic hydroxyl groups is 3. The Morgan fingerprint density at radius 2 is 1.49 bits per heavy atom. The highest BCUT2D eigenvalue weighted by atomic mass is 32.3. The summed E-state index contributed by atoms with van der Waals surface area (Å²) in [4.78, 5) is 11.6. The monoisotopic (exact) mass is 609 g/mol. The van der Waals surface area contributed by atoms with Crippen molar-refractivity contribution in [1.82, 2.24) is 4.72 Å². The minimum absolute atomic E-state index is 0.896. The molecule has 10 atom stereocenters. The van der Waals surface area contributed by atoms with Crippen molar-refractivity contribution in [3.8, 4) is 0 Å². The van der Waals surface area contributed by atoms with Gasteiger partial charge in [-0.1, -0.05) is 0 Å². The molecule has 2 aliphatic heterocycles. The first-order valence-electron chi connectivity index (χ1n) is 9.52. The number of ether oxygens (including phenoxy) is 4. The van der Waals surface area contributed by atoms with Gasteiger partial charge in [-0.3, -0.25) is 13.7 Å². The van der Waals surface area contributed by atoms with E-state index in [1.54, 1.807) is 0 Å². The van der Waals surface area contributed by atoms with Gasteiger partial charge in [0.25, 0.3) is 0 Å². The van der Waals surface area contributed by atoms with Gasteiger partial charge in [0.15, 0.2) is 24.8 Å². The van der Waals surface area contributed by atoms with Crippen molar-refractivity contribution in [3.05, 3.63) is 0 Å². The highest BCUT2D eigenvalue weighted by Crippen LogP contribution is 2.32. The largest absolute Gasteiger partial charge is 0.479 e. The molecule has 2 heterocycles. The topological polar surface area (TPSA) is 329 Å². The summed E-state index contributed by atoms with van der Waals surface area (Å²) >= 11 is 0. The van der Waals surface area contributed by atoms with Gasteiger partial charge in [-0.25, -0.2) is 13.2 Å². The summed E-state index contributed by atoms with van der Waals surface area (Å²) in [5.74, 6) is -1.79. The molecule has 0 saturated carbocycles. The molecule has 0 amide bonds. The Morgan fingerprint density at radius 1 is 0.892 bits per heavy atom. The maximum atomic E-state index is 11.6. The molecule has 0 aliphatic carbocycles. The quantitative estimate of drug-likeness (QED) is 0.101. The molecular formula is C13H23NO20S3. The molecule has 0 aromatic heterocycles. The maximum Gasteiger partial charge on any atom is 0.397 e. The molecule has 0 bridgehead atoms. The van der Waals surface area contributed by atoms with E-state index in [1.165, 1.54) is 4.72 Å². The lowest BCUT2D eigenvalue weighted by Gasteiger charge is -2.46. The smallest absolute Gasteiger partial charge is 0.397 e. The summed E-state index contributed by atoms with van der Waals surface area (Å²) < 4.78 is 124. The molecule has 2 aliphatic rings. The van der Waals surface area contributed by atoms with E-state index in [0.717, 1.165) is 7.11 Å². The van der Waals surface area contributed by atoms with Gasteiger partial charge in [0.05, 0.1) is 6.61 Å². The van der Waals surface area contributed by atoms with Crippen molar-refractivity contribution in [1.29, 1.82) is 0 Å². The molecule has 0 aromatic rings. The maximum absolute atomic E-state index is 11.6. The zero-order chi connectivity index (χ0) is 28.5. The SMILES string of the molecule is CO[C@H]1[C@H](O)[C@@H](OS(=O)(=O)O)[C@H](O[C@H]2[C@H](O)[C@@H](NS(=O)(=O)O)[C@@H](O)O[C@@H]2COS(=O)(=O)O)O[C@H]1C(=O)O. The Morgan fingerprint density at radius 3 is 1.95 bits per heavy atom. The number of nitrogens with one attached hydrogen (secondary N) is 1. The highest BCUT2D eigenvalue weighted by Gasteiger charge is 2.55. The molecule has 218 valence electrons. The van der Waals surface area contributed by atoms with Gasteiger partial charge in [0.2, 0.25) is 0 Å². The van der Waals surface area contributed by atoms with Crippen LogP contribution in [-0.4, -0.2) is 140 Å².